The van der Waals surface area contributed by atoms with Crippen molar-refractivity contribution in [3.05, 3.63) is 11.8 Å². The number of urea groups is 1. The van der Waals surface area contributed by atoms with Gasteiger partial charge in [-0.25, -0.2) is 4.79 Å². The third-order valence-corrected chi connectivity index (χ3v) is 3.72. The number of aliphatic hydroxyl groups is 1. The number of β-amino-alcohol motifs (C(OH)–C–C–N with tert-alkyl or cyclic N) is 1. The number of piperazine rings is 1. The van der Waals surface area contributed by atoms with E-state index in [2.05, 4.69) is 10.2 Å². The molecule has 0 bridgehead atoms. The quantitative estimate of drug-likeness (QED) is 0.781. The summed E-state index contributed by atoms with van der Waals surface area (Å²) in [6.07, 6.45) is 6.66. The number of carbonyl (C=O) groups excluding carboxylic acids is 1. The second-order valence-electron chi connectivity index (χ2n) is 5.01. The Kier molecular flexibility index (Phi) is 5.01. The summed E-state index contributed by atoms with van der Waals surface area (Å²) < 4.78 is 0. The first-order valence-corrected chi connectivity index (χ1v) is 6.86. The molecule has 18 heavy (non-hydrogen) atoms. The van der Waals surface area contributed by atoms with Crippen molar-refractivity contribution in [2.45, 2.75) is 25.7 Å². The summed E-state index contributed by atoms with van der Waals surface area (Å²) in [5.41, 5.74) is 1.36. The van der Waals surface area contributed by atoms with Crippen molar-refractivity contribution in [3.63, 3.8) is 0 Å². The molecule has 1 heterocycles. The molecule has 1 aliphatic carbocycles. The summed E-state index contributed by atoms with van der Waals surface area (Å²) >= 11 is 0. The van der Waals surface area contributed by atoms with Crippen LogP contribution >= 0.6 is 0 Å². The van der Waals surface area contributed by atoms with E-state index in [1.54, 1.807) is 0 Å². The fraction of sp³-hybridized carbons (Fsp3) is 0.769. The topological polar surface area (TPSA) is 55.8 Å². The van der Waals surface area contributed by atoms with Gasteiger partial charge in [0.05, 0.1) is 6.61 Å². The third-order valence-electron chi connectivity index (χ3n) is 3.72. The predicted molar refractivity (Wildman–Crippen MR) is 70.2 cm³/mol. The molecular weight excluding hydrogens is 230 g/mol. The third kappa shape index (κ3) is 3.71. The van der Waals surface area contributed by atoms with E-state index in [9.17, 15) is 4.79 Å². The molecule has 1 saturated heterocycles. The number of nitrogens with one attached hydrogen (secondary N) is 1. The second kappa shape index (κ2) is 6.75. The van der Waals surface area contributed by atoms with Crippen molar-refractivity contribution in [3.8, 4) is 0 Å². The van der Waals surface area contributed by atoms with Gasteiger partial charge < -0.3 is 15.3 Å². The van der Waals surface area contributed by atoms with E-state index in [1.807, 2.05) is 11.1 Å². The molecular formula is C13H23N3O2. The molecule has 0 atom stereocenters. The smallest absolute Gasteiger partial charge is 0.321 e. The fourth-order valence-corrected chi connectivity index (χ4v) is 2.54. The number of aliphatic hydroxyl groups excluding tert-OH is 1. The van der Waals surface area contributed by atoms with E-state index in [-0.39, 0.29) is 12.6 Å². The molecule has 102 valence electrons. The van der Waals surface area contributed by atoms with Crippen molar-refractivity contribution >= 4 is 6.03 Å². The average molecular weight is 253 g/mol. The maximum atomic E-state index is 11.9. The van der Waals surface area contributed by atoms with Crippen molar-refractivity contribution in [2.24, 2.45) is 0 Å². The van der Waals surface area contributed by atoms with E-state index in [0.717, 1.165) is 39.0 Å². The summed E-state index contributed by atoms with van der Waals surface area (Å²) in [6.45, 7) is 4.09. The highest BCUT2D eigenvalue weighted by molar-refractivity contribution is 5.75. The zero-order valence-electron chi connectivity index (χ0n) is 10.9. The van der Waals surface area contributed by atoms with Gasteiger partial charge in [0.25, 0.3) is 0 Å². The SMILES string of the molecule is O=C(NC=C1CCCC1)N1CCN(CCO)CC1. The first-order valence-electron chi connectivity index (χ1n) is 6.86. The number of allylic oxidation sites excluding steroid dienone is 1. The lowest BCUT2D eigenvalue weighted by Crippen LogP contribution is -2.51. The molecule has 0 radical (unpaired) electrons. The minimum atomic E-state index is 0.0121. The number of amides is 2. The zero-order chi connectivity index (χ0) is 12.8. The van der Waals surface area contributed by atoms with Crippen molar-refractivity contribution < 1.29 is 9.90 Å². The molecule has 2 fully saturated rings. The predicted octanol–water partition coefficient (Wildman–Crippen LogP) is 0.764. The minimum absolute atomic E-state index is 0.0121. The monoisotopic (exact) mass is 253 g/mol. The Morgan fingerprint density at radius 2 is 1.89 bits per heavy atom. The summed E-state index contributed by atoms with van der Waals surface area (Å²) in [5.74, 6) is 0. The largest absolute Gasteiger partial charge is 0.395 e. The van der Waals surface area contributed by atoms with E-state index in [0.29, 0.717) is 6.54 Å². The van der Waals surface area contributed by atoms with Crippen LogP contribution in [0.2, 0.25) is 0 Å². The molecule has 0 spiro atoms. The summed E-state index contributed by atoms with van der Waals surface area (Å²) in [5, 5.41) is 11.8. The summed E-state index contributed by atoms with van der Waals surface area (Å²) in [4.78, 5) is 15.9. The number of rotatable bonds is 3. The van der Waals surface area contributed by atoms with Gasteiger partial charge in [0.2, 0.25) is 0 Å². The summed E-state index contributed by atoms with van der Waals surface area (Å²) in [6, 6.07) is 0.0121. The van der Waals surface area contributed by atoms with Crippen LogP contribution in [0, 0.1) is 0 Å². The maximum Gasteiger partial charge on any atom is 0.321 e. The highest BCUT2D eigenvalue weighted by Crippen LogP contribution is 2.22. The van der Waals surface area contributed by atoms with Crippen LogP contribution in [0.5, 0.6) is 0 Å². The molecule has 1 aliphatic heterocycles. The standard InChI is InChI=1S/C13H23N3O2/c17-10-9-15-5-7-16(8-6-15)13(18)14-11-12-3-1-2-4-12/h11,17H,1-10H2,(H,14,18). The van der Waals surface area contributed by atoms with E-state index >= 15 is 0 Å². The molecule has 0 aromatic rings. The van der Waals surface area contributed by atoms with Crippen LogP contribution in [0.25, 0.3) is 0 Å². The first-order chi connectivity index (χ1) is 8.79. The molecule has 2 N–H and O–H groups in total. The Balaban J connectivity index is 1.72. The number of hydrogen-bond donors (Lipinski definition) is 2. The Morgan fingerprint density at radius 3 is 2.50 bits per heavy atom. The lowest BCUT2D eigenvalue weighted by atomic mass is 10.2. The van der Waals surface area contributed by atoms with Gasteiger partial charge in [0, 0.05) is 38.9 Å². The maximum absolute atomic E-state index is 11.9. The van der Waals surface area contributed by atoms with Crippen molar-refractivity contribution in [1.82, 2.24) is 15.1 Å². The normalized spacial score (nSPS) is 21.2. The summed E-state index contributed by atoms with van der Waals surface area (Å²) in [7, 11) is 0. The molecule has 2 amide bonds. The van der Waals surface area contributed by atoms with Gasteiger partial charge in [-0.05, 0) is 25.7 Å². The number of carbonyl (C=O) groups is 1. The molecule has 2 aliphatic rings. The first kappa shape index (κ1) is 13.4. The lowest BCUT2D eigenvalue weighted by molar-refractivity contribution is 0.123. The van der Waals surface area contributed by atoms with Gasteiger partial charge in [-0.15, -0.1) is 0 Å². The van der Waals surface area contributed by atoms with Gasteiger partial charge in [0.15, 0.2) is 0 Å². The molecule has 2 rings (SSSR count). The lowest BCUT2D eigenvalue weighted by Gasteiger charge is -2.34. The van der Waals surface area contributed by atoms with Crippen LogP contribution in [-0.4, -0.2) is 60.3 Å². The molecule has 5 heteroatoms. The van der Waals surface area contributed by atoms with Crippen LogP contribution < -0.4 is 5.32 Å². The van der Waals surface area contributed by atoms with Gasteiger partial charge in [-0.2, -0.15) is 0 Å². The molecule has 1 saturated carbocycles. The Hall–Kier alpha value is -1.07. The van der Waals surface area contributed by atoms with Crippen LogP contribution in [0.4, 0.5) is 4.79 Å². The number of hydrogen-bond acceptors (Lipinski definition) is 3. The van der Waals surface area contributed by atoms with E-state index < -0.39 is 0 Å². The Bertz CT molecular complexity index is 301. The van der Waals surface area contributed by atoms with Crippen molar-refractivity contribution in [2.75, 3.05) is 39.3 Å². The Morgan fingerprint density at radius 1 is 1.22 bits per heavy atom. The fourth-order valence-electron chi connectivity index (χ4n) is 2.54. The van der Waals surface area contributed by atoms with Crippen LogP contribution in [0.1, 0.15) is 25.7 Å². The Labute approximate surface area is 108 Å². The second-order valence-corrected chi connectivity index (χ2v) is 5.01. The van der Waals surface area contributed by atoms with E-state index in [1.165, 1.54) is 18.4 Å². The molecule has 5 nitrogen and oxygen atoms in total. The average Bonchev–Trinajstić information content (AvgIpc) is 2.90. The van der Waals surface area contributed by atoms with Crippen LogP contribution in [0.15, 0.2) is 11.8 Å². The number of nitrogens with zero attached hydrogens (tertiary/aromatic N) is 2. The van der Waals surface area contributed by atoms with Gasteiger partial charge in [-0.3, -0.25) is 4.90 Å². The van der Waals surface area contributed by atoms with Crippen LogP contribution in [0.3, 0.4) is 0 Å². The molecule has 0 aromatic carbocycles. The van der Waals surface area contributed by atoms with Crippen LogP contribution in [-0.2, 0) is 0 Å². The van der Waals surface area contributed by atoms with Gasteiger partial charge in [0.1, 0.15) is 0 Å². The van der Waals surface area contributed by atoms with Gasteiger partial charge in [-0.1, -0.05) is 5.57 Å². The highest BCUT2D eigenvalue weighted by Gasteiger charge is 2.20. The van der Waals surface area contributed by atoms with Crippen molar-refractivity contribution in [1.29, 1.82) is 0 Å². The molecule has 0 unspecified atom stereocenters. The zero-order valence-corrected chi connectivity index (χ0v) is 10.9. The van der Waals surface area contributed by atoms with Gasteiger partial charge >= 0.3 is 6.03 Å². The van der Waals surface area contributed by atoms with E-state index in [4.69, 9.17) is 5.11 Å². The highest BCUT2D eigenvalue weighted by atomic mass is 16.3. The molecule has 0 aromatic heterocycles. The minimum Gasteiger partial charge on any atom is -0.395 e.